The van der Waals surface area contributed by atoms with E-state index in [0.717, 1.165) is 12.0 Å². The summed E-state index contributed by atoms with van der Waals surface area (Å²) in [7, 11) is 0. The van der Waals surface area contributed by atoms with Crippen LogP contribution in [-0.4, -0.2) is 0 Å². The summed E-state index contributed by atoms with van der Waals surface area (Å²) in [6.07, 6.45) is 0.846. The lowest BCUT2D eigenvalue weighted by Crippen LogP contribution is -2.31. The molecule has 2 N–H and O–H groups in total. The van der Waals surface area contributed by atoms with Crippen molar-refractivity contribution in [3.8, 4) is 0 Å². The summed E-state index contributed by atoms with van der Waals surface area (Å²) >= 11 is 0. The van der Waals surface area contributed by atoms with Gasteiger partial charge >= 0.3 is 0 Å². The van der Waals surface area contributed by atoms with Crippen molar-refractivity contribution in [3.63, 3.8) is 0 Å². The number of hydrogen-bond donors (Lipinski definition) is 1. The van der Waals surface area contributed by atoms with Crippen molar-refractivity contribution in [1.82, 2.24) is 0 Å². The van der Waals surface area contributed by atoms with Gasteiger partial charge in [0.05, 0.1) is 0 Å². The van der Waals surface area contributed by atoms with Gasteiger partial charge in [-0.1, -0.05) is 19.1 Å². The second-order valence-corrected chi connectivity index (χ2v) is 3.28. The molecule has 0 unspecified atom stereocenters. The molecule has 0 saturated carbocycles. The summed E-state index contributed by atoms with van der Waals surface area (Å²) in [5, 5.41) is 0. The summed E-state index contributed by atoms with van der Waals surface area (Å²) < 4.78 is 12.5. The van der Waals surface area contributed by atoms with Crippen LogP contribution in [0.4, 0.5) is 4.39 Å². The van der Waals surface area contributed by atoms with Crippen molar-refractivity contribution in [1.29, 1.82) is 0 Å². The molecule has 0 aromatic heterocycles. The number of nitrogens with two attached hydrogens (primary N) is 1. The standard InChI is InChI=1S/C10H14FN/c1-3-10(2,12)8-4-6-9(11)7-5-8/h4-7H,3,12H2,1-2H3/t10-/m1/s1. The van der Waals surface area contributed by atoms with E-state index >= 15 is 0 Å². The Hall–Kier alpha value is -0.890. The monoisotopic (exact) mass is 167 g/mol. The van der Waals surface area contributed by atoms with Gasteiger partial charge in [0, 0.05) is 5.54 Å². The summed E-state index contributed by atoms with van der Waals surface area (Å²) in [6, 6.07) is 6.35. The Kier molecular flexibility index (Phi) is 2.48. The van der Waals surface area contributed by atoms with E-state index in [1.807, 2.05) is 13.8 Å². The molecule has 1 aromatic rings. The van der Waals surface area contributed by atoms with Crippen molar-refractivity contribution < 1.29 is 4.39 Å². The van der Waals surface area contributed by atoms with Crippen molar-refractivity contribution in [3.05, 3.63) is 35.6 Å². The van der Waals surface area contributed by atoms with Crippen molar-refractivity contribution in [2.75, 3.05) is 0 Å². The van der Waals surface area contributed by atoms with Crippen LogP contribution in [0, 0.1) is 5.82 Å². The number of halogens is 1. The van der Waals surface area contributed by atoms with Crippen LogP contribution in [-0.2, 0) is 5.54 Å². The topological polar surface area (TPSA) is 26.0 Å². The van der Waals surface area contributed by atoms with Crippen molar-refractivity contribution >= 4 is 0 Å². The Morgan fingerprint density at radius 1 is 1.33 bits per heavy atom. The van der Waals surface area contributed by atoms with E-state index in [1.54, 1.807) is 12.1 Å². The normalized spacial score (nSPS) is 15.7. The maximum Gasteiger partial charge on any atom is 0.123 e. The first-order valence-corrected chi connectivity index (χ1v) is 4.11. The van der Waals surface area contributed by atoms with Crippen LogP contribution >= 0.6 is 0 Å². The van der Waals surface area contributed by atoms with Crippen LogP contribution in [0.15, 0.2) is 24.3 Å². The van der Waals surface area contributed by atoms with E-state index < -0.39 is 0 Å². The minimum Gasteiger partial charge on any atom is -0.322 e. The van der Waals surface area contributed by atoms with Crippen molar-refractivity contribution in [2.24, 2.45) is 5.73 Å². The molecule has 0 aliphatic rings. The first-order valence-electron chi connectivity index (χ1n) is 4.11. The summed E-state index contributed by atoms with van der Waals surface area (Å²) in [6.45, 7) is 3.96. The highest BCUT2D eigenvalue weighted by Gasteiger charge is 2.17. The van der Waals surface area contributed by atoms with E-state index in [-0.39, 0.29) is 11.4 Å². The molecule has 0 amide bonds. The minimum absolute atomic E-state index is 0.217. The van der Waals surface area contributed by atoms with E-state index in [2.05, 4.69) is 0 Å². The number of rotatable bonds is 2. The SMILES string of the molecule is CC[C@@](C)(N)c1ccc(F)cc1. The van der Waals surface area contributed by atoms with Gasteiger partial charge in [0.15, 0.2) is 0 Å². The van der Waals surface area contributed by atoms with Crippen LogP contribution in [0.2, 0.25) is 0 Å². The quantitative estimate of drug-likeness (QED) is 0.719. The molecule has 0 aliphatic heterocycles. The van der Waals surface area contributed by atoms with Gasteiger partial charge < -0.3 is 5.73 Å². The van der Waals surface area contributed by atoms with Gasteiger partial charge in [-0.2, -0.15) is 0 Å². The third kappa shape index (κ3) is 1.83. The molecule has 0 fully saturated rings. The van der Waals surface area contributed by atoms with Crippen LogP contribution in [0.25, 0.3) is 0 Å². The van der Waals surface area contributed by atoms with Crippen LogP contribution in [0.1, 0.15) is 25.8 Å². The van der Waals surface area contributed by atoms with E-state index in [9.17, 15) is 4.39 Å². The predicted octanol–water partition coefficient (Wildman–Crippen LogP) is 2.41. The fraction of sp³-hybridized carbons (Fsp3) is 0.400. The van der Waals surface area contributed by atoms with Crippen molar-refractivity contribution in [2.45, 2.75) is 25.8 Å². The molecule has 1 rings (SSSR count). The maximum atomic E-state index is 12.5. The molecule has 12 heavy (non-hydrogen) atoms. The molecule has 0 radical (unpaired) electrons. The fourth-order valence-electron chi connectivity index (χ4n) is 1.03. The molecule has 0 saturated heterocycles. The lowest BCUT2D eigenvalue weighted by Gasteiger charge is -2.22. The van der Waals surface area contributed by atoms with Crippen LogP contribution < -0.4 is 5.73 Å². The van der Waals surface area contributed by atoms with Gasteiger partial charge in [-0.3, -0.25) is 0 Å². The van der Waals surface area contributed by atoms with Gasteiger partial charge in [0.1, 0.15) is 5.82 Å². The highest BCUT2D eigenvalue weighted by molar-refractivity contribution is 5.23. The Balaban J connectivity index is 2.96. The Labute approximate surface area is 72.4 Å². The average molecular weight is 167 g/mol. The molecule has 0 aliphatic carbocycles. The zero-order chi connectivity index (χ0) is 9.19. The Morgan fingerprint density at radius 2 is 1.83 bits per heavy atom. The van der Waals surface area contributed by atoms with Gasteiger partial charge in [0.2, 0.25) is 0 Å². The predicted molar refractivity (Wildman–Crippen MR) is 48.2 cm³/mol. The van der Waals surface area contributed by atoms with Gasteiger partial charge in [-0.25, -0.2) is 4.39 Å². The average Bonchev–Trinajstić information content (AvgIpc) is 2.05. The second-order valence-electron chi connectivity index (χ2n) is 3.28. The third-order valence-corrected chi connectivity index (χ3v) is 2.24. The van der Waals surface area contributed by atoms with Crippen LogP contribution in [0.3, 0.4) is 0 Å². The lowest BCUT2D eigenvalue weighted by molar-refractivity contribution is 0.475. The molecule has 1 atom stereocenters. The summed E-state index contributed by atoms with van der Waals surface area (Å²) in [5.74, 6) is -0.217. The zero-order valence-corrected chi connectivity index (χ0v) is 7.47. The highest BCUT2D eigenvalue weighted by atomic mass is 19.1. The first kappa shape index (κ1) is 9.20. The molecular formula is C10H14FN. The molecule has 2 heteroatoms. The van der Waals surface area contributed by atoms with E-state index in [1.165, 1.54) is 12.1 Å². The molecule has 66 valence electrons. The molecule has 0 bridgehead atoms. The van der Waals surface area contributed by atoms with Gasteiger partial charge in [-0.05, 0) is 31.0 Å². The molecule has 0 spiro atoms. The number of hydrogen-bond acceptors (Lipinski definition) is 1. The smallest absolute Gasteiger partial charge is 0.123 e. The largest absolute Gasteiger partial charge is 0.322 e. The zero-order valence-electron chi connectivity index (χ0n) is 7.47. The Bertz CT molecular complexity index is 251. The van der Waals surface area contributed by atoms with Crippen LogP contribution in [0.5, 0.6) is 0 Å². The lowest BCUT2D eigenvalue weighted by atomic mass is 9.91. The fourth-order valence-corrected chi connectivity index (χ4v) is 1.03. The van der Waals surface area contributed by atoms with Gasteiger partial charge in [0.25, 0.3) is 0 Å². The van der Waals surface area contributed by atoms with E-state index in [4.69, 9.17) is 5.73 Å². The summed E-state index contributed by atoms with van der Waals surface area (Å²) in [5.41, 5.74) is 6.60. The molecule has 1 nitrogen and oxygen atoms in total. The maximum absolute atomic E-state index is 12.5. The van der Waals surface area contributed by atoms with E-state index in [0.29, 0.717) is 0 Å². The molecule has 1 aromatic carbocycles. The second kappa shape index (κ2) is 3.23. The number of benzene rings is 1. The highest BCUT2D eigenvalue weighted by Crippen LogP contribution is 2.20. The van der Waals surface area contributed by atoms with Gasteiger partial charge in [-0.15, -0.1) is 0 Å². The Morgan fingerprint density at radius 3 is 2.25 bits per heavy atom. The molecule has 0 heterocycles. The third-order valence-electron chi connectivity index (χ3n) is 2.24. The summed E-state index contributed by atoms with van der Waals surface area (Å²) in [4.78, 5) is 0. The first-order chi connectivity index (χ1) is 5.56. The molecular weight excluding hydrogens is 153 g/mol. The minimum atomic E-state index is -0.340.